The predicted octanol–water partition coefficient (Wildman–Crippen LogP) is 0.235. The first-order valence-electron chi connectivity index (χ1n) is 6.09. The summed E-state index contributed by atoms with van der Waals surface area (Å²) in [6.07, 6.45) is 0. The van der Waals surface area contributed by atoms with E-state index in [1.165, 1.54) is 12.1 Å². The lowest BCUT2D eigenvalue weighted by atomic mass is 10.1. The molecule has 0 aromatic heterocycles. The molecule has 1 fully saturated rings. The monoisotopic (exact) mass is 264 g/mol. The Bertz CT molecular complexity index is 481. The molecular weight excluding hydrogens is 248 g/mol. The number of aliphatic carboxylic acids is 1. The average molecular weight is 264 g/mol. The van der Waals surface area contributed by atoms with Crippen LogP contribution >= 0.6 is 0 Å². The molecule has 0 saturated carbocycles. The zero-order chi connectivity index (χ0) is 13.8. The van der Waals surface area contributed by atoms with Gasteiger partial charge in [0.1, 0.15) is 5.75 Å². The molecule has 102 valence electrons. The number of amides is 1. The van der Waals surface area contributed by atoms with Gasteiger partial charge in [-0.05, 0) is 18.2 Å². The van der Waals surface area contributed by atoms with Crippen LogP contribution in [0.3, 0.4) is 0 Å². The second kappa shape index (κ2) is 5.71. The van der Waals surface area contributed by atoms with Crippen LogP contribution < -0.4 is 0 Å². The molecule has 0 unspecified atom stereocenters. The number of piperazine rings is 1. The van der Waals surface area contributed by atoms with Gasteiger partial charge in [-0.1, -0.05) is 6.07 Å². The molecule has 1 heterocycles. The Kier molecular flexibility index (Phi) is 4.01. The highest BCUT2D eigenvalue weighted by Crippen LogP contribution is 2.14. The molecule has 6 heteroatoms. The normalized spacial score (nSPS) is 16.3. The maximum atomic E-state index is 12.2. The largest absolute Gasteiger partial charge is 0.508 e. The average Bonchev–Trinajstić information content (AvgIpc) is 2.38. The molecule has 1 saturated heterocycles. The first kappa shape index (κ1) is 13.4. The summed E-state index contributed by atoms with van der Waals surface area (Å²) in [5.74, 6) is -0.922. The van der Waals surface area contributed by atoms with Crippen LogP contribution in [0.5, 0.6) is 5.75 Å². The van der Waals surface area contributed by atoms with Gasteiger partial charge in [-0.2, -0.15) is 0 Å². The number of carbonyl (C=O) groups excluding carboxylic acids is 1. The van der Waals surface area contributed by atoms with E-state index in [0.29, 0.717) is 31.7 Å². The highest BCUT2D eigenvalue weighted by Gasteiger charge is 2.23. The van der Waals surface area contributed by atoms with Gasteiger partial charge in [0.15, 0.2) is 0 Å². The van der Waals surface area contributed by atoms with E-state index in [9.17, 15) is 14.7 Å². The van der Waals surface area contributed by atoms with Crippen molar-refractivity contribution in [2.75, 3.05) is 32.7 Å². The van der Waals surface area contributed by atoms with Gasteiger partial charge < -0.3 is 15.1 Å². The molecule has 0 spiro atoms. The molecule has 2 rings (SSSR count). The fourth-order valence-electron chi connectivity index (χ4n) is 2.12. The number of aromatic hydroxyl groups is 1. The molecule has 1 aromatic rings. The number of carboxylic acids is 1. The van der Waals surface area contributed by atoms with Gasteiger partial charge in [0.2, 0.25) is 0 Å². The second-order valence-corrected chi connectivity index (χ2v) is 4.51. The summed E-state index contributed by atoms with van der Waals surface area (Å²) in [5, 5.41) is 18.1. The topological polar surface area (TPSA) is 81.1 Å². The Hall–Kier alpha value is -2.08. The van der Waals surface area contributed by atoms with E-state index in [2.05, 4.69) is 0 Å². The van der Waals surface area contributed by atoms with E-state index in [1.54, 1.807) is 21.9 Å². The molecule has 0 bridgehead atoms. The van der Waals surface area contributed by atoms with E-state index in [1.807, 2.05) is 0 Å². The number of hydrogen-bond acceptors (Lipinski definition) is 4. The van der Waals surface area contributed by atoms with Crippen molar-refractivity contribution < 1.29 is 19.8 Å². The van der Waals surface area contributed by atoms with Crippen LogP contribution in [0.25, 0.3) is 0 Å². The van der Waals surface area contributed by atoms with Crippen molar-refractivity contribution in [3.63, 3.8) is 0 Å². The molecule has 1 amide bonds. The number of benzene rings is 1. The van der Waals surface area contributed by atoms with E-state index in [0.717, 1.165) is 0 Å². The third-order valence-electron chi connectivity index (χ3n) is 3.11. The smallest absolute Gasteiger partial charge is 0.317 e. The Labute approximate surface area is 110 Å². The van der Waals surface area contributed by atoms with E-state index in [-0.39, 0.29) is 18.2 Å². The molecular formula is C13H16N2O4. The third kappa shape index (κ3) is 3.45. The molecule has 19 heavy (non-hydrogen) atoms. The van der Waals surface area contributed by atoms with Gasteiger partial charge >= 0.3 is 5.97 Å². The first-order valence-corrected chi connectivity index (χ1v) is 6.09. The predicted molar refractivity (Wildman–Crippen MR) is 68.1 cm³/mol. The van der Waals surface area contributed by atoms with Gasteiger partial charge in [0, 0.05) is 31.7 Å². The van der Waals surface area contributed by atoms with Gasteiger partial charge in [-0.3, -0.25) is 14.5 Å². The van der Waals surface area contributed by atoms with Crippen molar-refractivity contribution in [1.29, 1.82) is 0 Å². The van der Waals surface area contributed by atoms with Gasteiger partial charge in [0.05, 0.1) is 6.54 Å². The van der Waals surface area contributed by atoms with Crippen molar-refractivity contribution >= 4 is 11.9 Å². The first-order chi connectivity index (χ1) is 9.06. The summed E-state index contributed by atoms with van der Waals surface area (Å²) in [7, 11) is 0. The number of phenols is 1. The van der Waals surface area contributed by atoms with Crippen LogP contribution in [-0.2, 0) is 4.79 Å². The van der Waals surface area contributed by atoms with Crippen molar-refractivity contribution in [2.24, 2.45) is 0 Å². The lowest BCUT2D eigenvalue weighted by Gasteiger charge is -2.33. The maximum Gasteiger partial charge on any atom is 0.317 e. The molecule has 0 radical (unpaired) electrons. The van der Waals surface area contributed by atoms with Crippen molar-refractivity contribution in [1.82, 2.24) is 9.80 Å². The summed E-state index contributed by atoms with van der Waals surface area (Å²) in [4.78, 5) is 26.2. The SMILES string of the molecule is O=C(O)CN1CCN(C(=O)c2cccc(O)c2)CC1. The summed E-state index contributed by atoms with van der Waals surface area (Å²) in [6.45, 7) is 2.12. The van der Waals surface area contributed by atoms with Crippen LogP contribution in [-0.4, -0.2) is 64.6 Å². The van der Waals surface area contributed by atoms with Gasteiger partial charge in [-0.15, -0.1) is 0 Å². The quantitative estimate of drug-likeness (QED) is 0.817. The number of phenolic OH excluding ortho intramolecular Hbond substituents is 1. The van der Waals surface area contributed by atoms with Crippen LogP contribution in [0.4, 0.5) is 0 Å². The number of carboxylic acid groups (broad SMARTS) is 1. The molecule has 0 aliphatic carbocycles. The van der Waals surface area contributed by atoms with E-state index < -0.39 is 5.97 Å². The lowest BCUT2D eigenvalue weighted by Crippen LogP contribution is -2.49. The molecule has 6 nitrogen and oxygen atoms in total. The van der Waals surface area contributed by atoms with Crippen molar-refractivity contribution in [3.05, 3.63) is 29.8 Å². The summed E-state index contributed by atoms with van der Waals surface area (Å²) in [5.41, 5.74) is 0.451. The minimum Gasteiger partial charge on any atom is -0.508 e. The Balaban J connectivity index is 1.94. The van der Waals surface area contributed by atoms with Crippen LogP contribution in [0, 0.1) is 0 Å². The Morgan fingerprint density at radius 1 is 1.16 bits per heavy atom. The zero-order valence-corrected chi connectivity index (χ0v) is 10.5. The molecule has 1 aliphatic rings. The highest BCUT2D eigenvalue weighted by atomic mass is 16.4. The van der Waals surface area contributed by atoms with Crippen molar-refractivity contribution in [3.8, 4) is 5.75 Å². The molecule has 2 N–H and O–H groups in total. The maximum absolute atomic E-state index is 12.2. The number of rotatable bonds is 3. The fraction of sp³-hybridized carbons (Fsp3) is 0.385. The summed E-state index contributed by atoms with van der Waals surface area (Å²) < 4.78 is 0. The van der Waals surface area contributed by atoms with Gasteiger partial charge in [-0.25, -0.2) is 0 Å². The number of nitrogens with zero attached hydrogens (tertiary/aromatic N) is 2. The highest BCUT2D eigenvalue weighted by molar-refractivity contribution is 5.94. The fourth-order valence-corrected chi connectivity index (χ4v) is 2.12. The molecule has 1 aliphatic heterocycles. The van der Waals surface area contributed by atoms with Crippen LogP contribution in [0.15, 0.2) is 24.3 Å². The Morgan fingerprint density at radius 3 is 2.42 bits per heavy atom. The lowest BCUT2D eigenvalue weighted by molar-refractivity contribution is -0.138. The number of hydrogen-bond donors (Lipinski definition) is 2. The number of carbonyl (C=O) groups is 2. The van der Waals surface area contributed by atoms with Crippen LogP contribution in [0.1, 0.15) is 10.4 Å². The third-order valence-corrected chi connectivity index (χ3v) is 3.11. The molecule has 0 atom stereocenters. The van der Waals surface area contributed by atoms with E-state index >= 15 is 0 Å². The standard InChI is InChI=1S/C13H16N2O4/c16-11-3-1-2-10(8-11)13(19)15-6-4-14(5-7-15)9-12(17)18/h1-3,8,16H,4-7,9H2,(H,17,18). The van der Waals surface area contributed by atoms with Crippen LogP contribution in [0.2, 0.25) is 0 Å². The second-order valence-electron chi connectivity index (χ2n) is 4.51. The molecule has 1 aromatic carbocycles. The zero-order valence-electron chi connectivity index (χ0n) is 10.5. The summed E-state index contributed by atoms with van der Waals surface area (Å²) >= 11 is 0. The van der Waals surface area contributed by atoms with E-state index in [4.69, 9.17) is 5.11 Å². The minimum absolute atomic E-state index is 0.00809. The van der Waals surface area contributed by atoms with Crippen molar-refractivity contribution in [2.45, 2.75) is 0 Å². The Morgan fingerprint density at radius 2 is 1.84 bits per heavy atom. The van der Waals surface area contributed by atoms with Gasteiger partial charge in [0.25, 0.3) is 5.91 Å². The summed E-state index contributed by atoms with van der Waals surface area (Å²) in [6, 6.07) is 6.24. The minimum atomic E-state index is -0.854.